The van der Waals surface area contributed by atoms with Crippen molar-refractivity contribution < 1.29 is 19.0 Å². The first-order chi connectivity index (χ1) is 15.8. The highest BCUT2D eigenvalue weighted by Gasteiger charge is 2.44. The molecule has 8 heteroatoms. The molecule has 1 spiro atoms. The van der Waals surface area contributed by atoms with Gasteiger partial charge in [0, 0.05) is 29.7 Å². The van der Waals surface area contributed by atoms with Crippen LogP contribution in [-0.2, 0) is 4.74 Å². The van der Waals surface area contributed by atoms with Crippen LogP contribution in [0.3, 0.4) is 0 Å². The number of carbonyl (C=O) groups is 1. The molecule has 3 aliphatic rings. The quantitative estimate of drug-likeness (QED) is 0.685. The highest BCUT2D eigenvalue weighted by Crippen LogP contribution is 2.34. The van der Waals surface area contributed by atoms with E-state index >= 15 is 0 Å². The summed E-state index contributed by atoms with van der Waals surface area (Å²) in [5.41, 5.74) is -0.314. The largest absolute Gasteiger partial charge is 0.444 e. The molecule has 1 aromatic carbocycles. The third kappa shape index (κ3) is 5.65. The van der Waals surface area contributed by atoms with Crippen molar-refractivity contribution >= 4 is 17.8 Å². The van der Waals surface area contributed by atoms with Crippen LogP contribution in [-0.4, -0.2) is 53.4 Å². The van der Waals surface area contributed by atoms with Crippen molar-refractivity contribution in [1.29, 1.82) is 0 Å². The van der Waals surface area contributed by atoms with Gasteiger partial charge in [-0.1, -0.05) is 31.4 Å². The number of rotatable bonds is 4. The number of piperidine rings is 1. The van der Waals surface area contributed by atoms with Crippen LogP contribution in [0.5, 0.6) is 5.75 Å². The molecule has 2 heterocycles. The zero-order valence-electron chi connectivity index (χ0n) is 19.9. The molecular formula is C25H35FN4O3. The van der Waals surface area contributed by atoms with Crippen LogP contribution in [0, 0.1) is 5.92 Å². The van der Waals surface area contributed by atoms with Crippen LogP contribution in [0.25, 0.3) is 0 Å². The first-order valence-electron chi connectivity index (χ1n) is 12.1. The fraction of sp³-hybridized carbons (Fsp3) is 0.640. The van der Waals surface area contributed by atoms with Crippen LogP contribution in [0.15, 0.2) is 34.3 Å². The SMILES string of the molecule is CC(C)(C)OC(=O)N1CCC2(CC1)N=C(c1cccc(OF)c1)N=C2NCC1CCCCC1. The zero-order chi connectivity index (χ0) is 23.5. The summed E-state index contributed by atoms with van der Waals surface area (Å²) in [4.78, 5) is 28.1. The molecule has 2 fully saturated rings. The average Bonchev–Trinajstić information content (AvgIpc) is 3.15. The van der Waals surface area contributed by atoms with E-state index in [4.69, 9.17) is 14.7 Å². The highest BCUT2D eigenvalue weighted by molar-refractivity contribution is 6.14. The predicted octanol–water partition coefficient (Wildman–Crippen LogP) is 5.05. The van der Waals surface area contributed by atoms with Gasteiger partial charge in [0.1, 0.15) is 17.0 Å². The number of amides is 1. The summed E-state index contributed by atoms with van der Waals surface area (Å²) in [6.45, 7) is 7.59. The summed E-state index contributed by atoms with van der Waals surface area (Å²) >= 11 is 0. The normalized spacial score (nSPS) is 20.9. The van der Waals surface area contributed by atoms with E-state index in [-0.39, 0.29) is 11.8 Å². The molecular weight excluding hydrogens is 423 g/mol. The van der Waals surface area contributed by atoms with Crippen LogP contribution in [0.1, 0.15) is 71.3 Å². The van der Waals surface area contributed by atoms with E-state index in [9.17, 15) is 9.32 Å². The molecule has 1 N–H and O–H groups in total. The average molecular weight is 459 g/mol. The number of aliphatic imine (C=N–C) groups is 2. The lowest BCUT2D eigenvalue weighted by molar-refractivity contribution is -0.00621. The number of hydrogen-bond acceptors (Lipinski definition) is 6. The minimum absolute atomic E-state index is 0.128. The number of halogens is 1. The molecule has 180 valence electrons. The fourth-order valence-electron chi connectivity index (χ4n) is 4.87. The second kappa shape index (κ2) is 9.69. The Morgan fingerprint density at radius 1 is 1.21 bits per heavy atom. The van der Waals surface area contributed by atoms with Crippen molar-refractivity contribution in [2.45, 2.75) is 76.9 Å². The van der Waals surface area contributed by atoms with Crippen LogP contribution >= 0.6 is 0 Å². The molecule has 2 aliphatic heterocycles. The molecule has 1 aliphatic carbocycles. The van der Waals surface area contributed by atoms with Gasteiger partial charge in [-0.25, -0.2) is 9.79 Å². The molecule has 1 aromatic rings. The maximum Gasteiger partial charge on any atom is 0.410 e. The van der Waals surface area contributed by atoms with Gasteiger partial charge in [-0.05, 0) is 64.5 Å². The molecule has 7 nitrogen and oxygen atoms in total. The van der Waals surface area contributed by atoms with Crippen molar-refractivity contribution in [1.82, 2.24) is 10.2 Å². The van der Waals surface area contributed by atoms with Crippen molar-refractivity contribution in [2.75, 3.05) is 19.6 Å². The molecule has 0 aromatic heterocycles. The van der Waals surface area contributed by atoms with Gasteiger partial charge in [0.05, 0.1) is 0 Å². The third-order valence-corrected chi connectivity index (χ3v) is 6.68. The Morgan fingerprint density at radius 2 is 1.94 bits per heavy atom. The Bertz CT molecular complexity index is 910. The number of nitrogens with zero attached hydrogens (tertiary/aromatic N) is 3. The summed E-state index contributed by atoms with van der Waals surface area (Å²) in [5, 5.41) is 3.62. The van der Waals surface area contributed by atoms with Gasteiger partial charge in [-0.15, -0.1) is 0 Å². The number of amidine groups is 2. The maximum atomic E-state index is 12.7. The first-order valence-corrected chi connectivity index (χ1v) is 12.1. The van der Waals surface area contributed by atoms with Gasteiger partial charge in [0.2, 0.25) is 0 Å². The molecule has 0 unspecified atom stereocenters. The number of hydrogen-bond donors (Lipinski definition) is 1. The van der Waals surface area contributed by atoms with E-state index in [0.29, 0.717) is 43.2 Å². The predicted molar refractivity (Wildman–Crippen MR) is 126 cm³/mol. The summed E-state index contributed by atoms with van der Waals surface area (Å²) in [7, 11) is 0. The molecule has 1 saturated carbocycles. The molecule has 1 saturated heterocycles. The minimum atomic E-state index is -0.525. The highest BCUT2D eigenvalue weighted by atomic mass is 19.3. The van der Waals surface area contributed by atoms with E-state index in [1.54, 1.807) is 23.1 Å². The first kappa shape index (κ1) is 23.5. The number of carbonyl (C=O) groups excluding carboxylic acids is 1. The van der Waals surface area contributed by atoms with E-state index in [0.717, 1.165) is 12.4 Å². The van der Waals surface area contributed by atoms with E-state index in [1.165, 1.54) is 32.1 Å². The summed E-state index contributed by atoms with van der Waals surface area (Å²) in [5.74, 6) is 2.21. The third-order valence-electron chi connectivity index (χ3n) is 6.68. The Balaban J connectivity index is 1.52. The maximum absolute atomic E-state index is 12.7. The lowest BCUT2D eigenvalue weighted by atomic mass is 9.86. The number of ether oxygens (including phenoxy) is 1. The van der Waals surface area contributed by atoms with Crippen LogP contribution in [0.2, 0.25) is 0 Å². The fourth-order valence-corrected chi connectivity index (χ4v) is 4.87. The Hall–Kier alpha value is -2.64. The summed E-state index contributed by atoms with van der Waals surface area (Å²) < 4.78 is 18.3. The number of benzene rings is 1. The monoisotopic (exact) mass is 458 g/mol. The second-order valence-corrected chi connectivity index (χ2v) is 10.4. The van der Waals surface area contributed by atoms with E-state index < -0.39 is 11.1 Å². The van der Waals surface area contributed by atoms with Gasteiger partial charge < -0.3 is 15.0 Å². The standard InChI is InChI=1S/C25H35FN4O3/c1-24(2,3)32-23(31)30-14-12-25(13-15-30)22(27-17-18-8-5-4-6-9-18)28-21(29-25)19-10-7-11-20(16-19)33-26/h7,10-11,16,18H,4-6,8-9,12-15,17H2,1-3H3,(H,27,28,29). The molecule has 0 atom stereocenters. The van der Waals surface area contributed by atoms with Crippen molar-refractivity contribution in [2.24, 2.45) is 15.9 Å². The smallest absolute Gasteiger partial charge is 0.410 e. The molecule has 0 bridgehead atoms. The van der Waals surface area contributed by atoms with Crippen molar-refractivity contribution in [3.63, 3.8) is 0 Å². The van der Waals surface area contributed by atoms with Gasteiger partial charge in [-0.3, -0.25) is 9.93 Å². The second-order valence-electron chi connectivity index (χ2n) is 10.4. The van der Waals surface area contributed by atoms with Crippen LogP contribution in [0.4, 0.5) is 9.32 Å². The van der Waals surface area contributed by atoms with Crippen LogP contribution < -0.4 is 10.3 Å². The van der Waals surface area contributed by atoms with Gasteiger partial charge in [-0.2, -0.15) is 0 Å². The Morgan fingerprint density at radius 3 is 2.61 bits per heavy atom. The zero-order valence-corrected chi connectivity index (χ0v) is 19.9. The van der Waals surface area contributed by atoms with E-state index in [2.05, 4.69) is 10.3 Å². The molecule has 4 rings (SSSR count). The number of likely N-dealkylation sites (tertiary alicyclic amines) is 1. The van der Waals surface area contributed by atoms with Crippen molar-refractivity contribution in [3.05, 3.63) is 29.8 Å². The lowest BCUT2D eigenvalue weighted by Crippen LogP contribution is -2.53. The van der Waals surface area contributed by atoms with Crippen molar-refractivity contribution in [3.8, 4) is 5.75 Å². The minimum Gasteiger partial charge on any atom is -0.444 e. The Kier molecular flexibility index (Phi) is 6.91. The van der Waals surface area contributed by atoms with Gasteiger partial charge >= 0.3 is 6.09 Å². The molecule has 1 amide bonds. The van der Waals surface area contributed by atoms with Gasteiger partial charge in [0.15, 0.2) is 11.6 Å². The Labute approximate surface area is 195 Å². The summed E-state index contributed by atoms with van der Waals surface area (Å²) in [6, 6.07) is 6.75. The lowest BCUT2D eigenvalue weighted by Gasteiger charge is -2.38. The molecule has 33 heavy (non-hydrogen) atoms. The molecule has 0 radical (unpaired) electrons. The topological polar surface area (TPSA) is 75.5 Å². The van der Waals surface area contributed by atoms with E-state index in [1.807, 2.05) is 26.8 Å². The van der Waals surface area contributed by atoms with Gasteiger partial charge in [0.25, 0.3) is 0 Å². The summed E-state index contributed by atoms with van der Waals surface area (Å²) in [6.07, 6.45) is 7.39. The number of nitrogens with one attached hydrogen (secondary N) is 1.